The van der Waals surface area contributed by atoms with Crippen LogP contribution in [-0.2, 0) is 0 Å². The third-order valence-corrected chi connectivity index (χ3v) is 9.74. The van der Waals surface area contributed by atoms with Crippen molar-refractivity contribution in [3.8, 4) is 56.7 Å². The van der Waals surface area contributed by atoms with Gasteiger partial charge in [-0.1, -0.05) is 170 Å². The van der Waals surface area contributed by atoms with E-state index in [0.29, 0.717) is 11.1 Å². The van der Waals surface area contributed by atoms with Crippen LogP contribution in [0.4, 0.5) is 0 Å². The fraction of sp³-hybridized carbons (Fsp3) is 0. The zero-order chi connectivity index (χ0) is 50.9. The first-order valence-electron chi connectivity index (χ1n) is 25.6. The summed E-state index contributed by atoms with van der Waals surface area (Å²) in [7, 11) is 0. The molecule has 0 spiro atoms. The van der Waals surface area contributed by atoms with E-state index in [0.717, 1.165) is 37.0 Å². The quantitative estimate of drug-likeness (QED) is 0.171. The molecule has 56 heavy (non-hydrogen) atoms. The van der Waals surface area contributed by atoms with Gasteiger partial charge in [0.25, 0.3) is 0 Å². The van der Waals surface area contributed by atoms with Crippen LogP contribution in [-0.4, -0.2) is 24.1 Å². The lowest BCUT2D eigenvalue weighted by molar-refractivity contribution is 0.893. The van der Waals surface area contributed by atoms with Crippen molar-refractivity contribution in [1.82, 2.24) is 24.1 Å². The average Bonchev–Trinajstić information content (AvgIpc) is 3.97. The summed E-state index contributed by atoms with van der Waals surface area (Å²) in [6.07, 6.45) is 0. The molecule has 3 heterocycles. The molecule has 0 aliphatic heterocycles. The highest BCUT2D eigenvalue weighted by molar-refractivity contribution is 6.10. The van der Waals surface area contributed by atoms with Gasteiger partial charge in [0, 0.05) is 27.1 Å². The number of hydrogen-bond donors (Lipinski definition) is 0. The molecule has 0 aliphatic rings. The molecule has 0 unspecified atom stereocenters. The van der Waals surface area contributed by atoms with Crippen LogP contribution in [0.1, 0.15) is 21.9 Å². The maximum absolute atomic E-state index is 9.19. The van der Waals surface area contributed by atoms with Crippen LogP contribution in [0.5, 0.6) is 0 Å². The van der Waals surface area contributed by atoms with Crippen LogP contribution in [0.15, 0.2) is 200 Å². The van der Waals surface area contributed by atoms with Crippen molar-refractivity contribution in [2.45, 2.75) is 0 Å². The Bertz CT molecular complexity index is 3840. The summed E-state index contributed by atoms with van der Waals surface area (Å²) in [5.74, 6) is -1.07. The molecule has 5 heteroatoms. The minimum absolute atomic E-state index is 0.140. The van der Waals surface area contributed by atoms with Crippen LogP contribution >= 0.6 is 0 Å². The highest BCUT2D eigenvalue weighted by atomic mass is 15.3. The Hall–Kier alpha value is -7.63. The normalized spacial score (nSPS) is 15.6. The van der Waals surface area contributed by atoms with E-state index in [-0.39, 0.29) is 49.4 Å². The fourth-order valence-electron chi connectivity index (χ4n) is 7.21. The zero-order valence-electron chi connectivity index (χ0n) is 45.1. The van der Waals surface area contributed by atoms with E-state index in [2.05, 4.69) is 12.1 Å². The molecule has 11 aromatic rings. The summed E-state index contributed by atoms with van der Waals surface area (Å²) in [4.78, 5) is 14.5. The van der Waals surface area contributed by atoms with E-state index in [1.165, 1.54) is 0 Å². The Morgan fingerprint density at radius 1 is 0.339 bits per heavy atom. The number of aromatic nitrogens is 5. The van der Waals surface area contributed by atoms with Gasteiger partial charge in [0.2, 0.25) is 11.9 Å². The first-order chi connectivity index (χ1) is 34.4. The monoisotopic (exact) mass is 731 g/mol. The average molecular weight is 732 g/mol. The Morgan fingerprint density at radius 2 is 0.732 bits per heavy atom. The standard InChI is InChI=1S/C51H33N5/c1-2-15-35(16-3-1)39-19-4-5-20-40(39)36-31-29-34(30-32-36)37-17-14-18-38(33-37)49-52-50(55-45-25-10-6-21-41(45)42-22-7-11-26-46(42)55)54-51(53-49)56-47-27-12-8-23-43(47)44-24-9-13-28-48(44)56/h1-33H/i6D,7D,8D,9D,10D,11D,12D,13D,21D,22D,23D,24D,25D,26D,27D,28D. The molecule has 11 rings (SSSR count). The molecule has 0 N–H and O–H groups in total. The predicted octanol–water partition coefficient (Wildman–Crippen LogP) is 12.7. The molecule has 0 aliphatic carbocycles. The number of para-hydroxylation sites is 4. The molecule has 0 fully saturated rings. The van der Waals surface area contributed by atoms with Crippen LogP contribution in [0, 0.1) is 0 Å². The first kappa shape index (κ1) is 19.6. The second kappa shape index (κ2) is 13.0. The summed E-state index contributed by atoms with van der Waals surface area (Å²) in [5, 5.41) is -1.04. The zero-order valence-corrected chi connectivity index (χ0v) is 29.1. The molecular formula is C51H33N5. The van der Waals surface area contributed by atoms with Crippen molar-refractivity contribution in [3.63, 3.8) is 0 Å². The number of hydrogen-bond acceptors (Lipinski definition) is 3. The van der Waals surface area contributed by atoms with Crippen LogP contribution in [0.25, 0.3) is 100 Å². The Morgan fingerprint density at radius 3 is 1.23 bits per heavy atom. The molecule has 262 valence electrons. The van der Waals surface area contributed by atoms with E-state index in [1.807, 2.05) is 72.8 Å². The fourth-order valence-corrected chi connectivity index (χ4v) is 7.21. The molecular weight excluding hydrogens is 683 g/mol. The van der Waals surface area contributed by atoms with Crippen molar-refractivity contribution >= 4 is 43.6 Å². The molecule has 0 bridgehead atoms. The van der Waals surface area contributed by atoms with Gasteiger partial charge in [-0.05, 0) is 63.6 Å². The lowest BCUT2D eigenvalue weighted by Gasteiger charge is -2.13. The Labute approximate surface area is 345 Å². The minimum atomic E-state index is -0.696. The van der Waals surface area contributed by atoms with E-state index in [1.54, 1.807) is 18.2 Å². The van der Waals surface area contributed by atoms with Gasteiger partial charge in [0.15, 0.2) is 5.82 Å². The van der Waals surface area contributed by atoms with Gasteiger partial charge in [-0.25, -0.2) is 0 Å². The molecule has 5 nitrogen and oxygen atoms in total. The van der Waals surface area contributed by atoms with Gasteiger partial charge in [-0.2, -0.15) is 15.0 Å². The van der Waals surface area contributed by atoms with Gasteiger partial charge in [-0.15, -0.1) is 0 Å². The van der Waals surface area contributed by atoms with E-state index < -0.39 is 109 Å². The van der Waals surface area contributed by atoms with Crippen LogP contribution in [0.2, 0.25) is 0 Å². The molecule has 0 radical (unpaired) electrons. The smallest absolute Gasteiger partial charge is 0.240 e. The summed E-state index contributed by atoms with van der Waals surface area (Å²) in [6, 6.07) is 22.6. The van der Waals surface area contributed by atoms with Crippen LogP contribution in [0.3, 0.4) is 0 Å². The molecule has 8 aromatic carbocycles. The third-order valence-electron chi connectivity index (χ3n) is 9.74. The van der Waals surface area contributed by atoms with E-state index in [4.69, 9.17) is 31.4 Å². The molecule has 0 saturated heterocycles. The predicted molar refractivity (Wildman–Crippen MR) is 230 cm³/mol. The summed E-state index contributed by atoms with van der Waals surface area (Å²) in [5.41, 5.74) is 4.63. The molecule has 3 aromatic heterocycles. The number of nitrogens with zero attached hydrogens (tertiary/aromatic N) is 5. The Balaban J connectivity index is 1.23. The summed E-state index contributed by atoms with van der Waals surface area (Å²) >= 11 is 0. The highest BCUT2D eigenvalue weighted by Crippen LogP contribution is 2.36. The van der Waals surface area contributed by atoms with Crippen molar-refractivity contribution in [1.29, 1.82) is 0 Å². The lowest BCUT2D eigenvalue weighted by atomic mass is 9.93. The highest BCUT2D eigenvalue weighted by Gasteiger charge is 2.20. The maximum atomic E-state index is 9.19. The second-order valence-corrected chi connectivity index (χ2v) is 12.9. The minimum Gasteiger partial charge on any atom is -0.278 e. The van der Waals surface area contributed by atoms with Crippen molar-refractivity contribution in [3.05, 3.63) is 200 Å². The number of fused-ring (bicyclic) bond motifs is 6. The van der Waals surface area contributed by atoms with Crippen molar-refractivity contribution < 1.29 is 21.9 Å². The Kier molecular flexibility index (Phi) is 4.57. The second-order valence-electron chi connectivity index (χ2n) is 12.9. The topological polar surface area (TPSA) is 48.5 Å². The maximum Gasteiger partial charge on any atom is 0.240 e. The lowest BCUT2D eigenvalue weighted by Crippen LogP contribution is -2.10. The van der Waals surface area contributed by atoms with Gasteiger partial charge in [-0.3, -0.25) is 9.13 Å². The molecule has 0 amide bonds. The summed E-state index contributed by atoms with van der Waals surface area (Å²) < 4.78 is 144. The van der Waals surface area contributed by atoms with Gasteiger partial charge in [0.05, 0.1) is 44.0 Å². The molecule has 0 atom stereocenters. The van der Waals surface area contributed by atoms with Crippen molar-refractivity contribution in [2.24, 2.45) is 0 Å². The van der Waals surface area contributed by atoms with Gasteiger partial charge < -0.3 is 0 Å². The van der Waals surface area contributed by atoms with Gasteiger partial charge in [0.1, 0.15) is 0 Å². The van der Waals surface area contributed by atoms with Crippen molar-refractivity contribution in [2.75, 3.05) is 0 Å². The van der Waals surface area contributed by atoms with Gasteiger partial charge >= 0.3 is 0 Å². The largest absolute Gasteiger partial charge is 0.278 e. The van der Waals surface area contributed by atoms with E-state index >= 15 is 0 Å². The van der Waals surface area contributed by atoms with Crippen LogP contribution < -0.4 is 0 Å². The SMILES string of the molecule is [2H]c1c([2H])c([2H])c2c(c1[2H])c1c([2H])c([2H])c([2H])c([2H])c1n2-c1nc(-c2cccc(-c3ccc(-c4ccccc4-c4ccccc4)cc3)c2)nc(-n2c3c([2H])c([2H])c([2H])c([2H])c3c3c([2H])c([2H])c([2H])c([2H])c32)n1. The number of benzene rings is 8. The molecule has 0 saturated carbocycles. The van der Waals surface area contributed by atoms with E-state index in [9.17, 15) is 5.48 Å². The third kappa shape index (κ3) is 5.21. The summed E-state index contributed by atoms with van der Waals surface area (Å²) in [6.45, 7) is 0. The first-order valence-corrected chi connectivity index (χ1v) is 17.6. The number of rotatable bonds is 6.